The summed E-state index contributed by atoms with van der Waals surface area (Å²) in [5, 5.41) is 0. The van der Waals surface area contributed by atoms with E-state index < -0.39 is 0 Å². The van der Waals surface area contributed by atoms with Crippen LogP contribution in [0.2, 0.25) is 0 Å². The minimum Gasteiger partial charge on any atom is -0.369 e. The van der Waals surface area contributed by atoms with Crippen LogP contribution >= 0.6 is 0 Å². The molecule has 4 nitrogen and oxygen atoms in total. The lowest BCUT2D eigenvalue weighted by atomic mass is 10.0. The highest BCUT2D eigenvalue weighted by atomic mass is 15.3. The lowest BCUT2D eigenvalue weighted by Crippen LogP contribution is -2.53. The molecule has 226 valence electrons. The highest BCUT2D eigenvalue weighted by Crippen LogP contribution is 2.28. The van der Waals surface area contributed by atoms with Crippen molar-refractivity contribution in [2.24, 2.45) is 0 Å². The molecular weight excluding hydrogens is 476 g/mol. The quantitative estimate of drug-likeness (QED) is 0.381. The van der Waals surface area contributed by atoms with Crippen molar-refractivity contribution in [1.29, 1.82) is 0 Å². The fourth-order valence-electron chi connectivity index (χ4n) is 6.75. The first-order valence-electron chi connectivity index (χ1n) is 16.2. The van der Waals surface area contributed by atoms with Gasteiger partial charge in [-0.05, 0) is 139 Å². The summed E-state index contributed by atoms with van der Waals surface area (Å²) >= 11 is 0. The van der Waals surface area contributed by atoms with Crippen LogP contribution in [0, 0.1) is 6.92 Å². The van der Waals surface area contributed by atoms with Gasteiger partial charge in [0.1, 0.15) is 0 Å². The van der Waals surface area contributed by atoms with E-state index in [2.05, 4.69) is 127 Å². The fraction of sp³-hybridized carbons (Fsp3) is 0.829. The zero-order valence-electron chi connectivity index (χ0n) is 28.2. The first-order chi connectivity index (χ1) is 18.1. The predicted octanol–water partition coefficient (Wildman–Crippen LogP) is 8.23. The topological polar surface area (TPSA) is 13.0 Å². The Balaban J connectivity index is 0.000000214. The smallest absolute Gasteiger partial charge is 0.0369 e. The van der Waals surface area contributed by atoms with Crippen molar-refractivity contribution < 1.29 is 0 Å². The maximum atomic E-state index is 2.65. The molecule has 0 saturated carbocycles. The fourth-order valence-corrected chi connectivity index (χ4v) is 6.75. The molecule has 0 aliphatic carbocycles. The molecule has 1 aromatic carbocycles. The third kappa shape index (κ3) is 10.7. The highest BCUT2D eigenvalue weighted by molar-refractivity contribution is 5.48. The number of benzene rings is 1. The average Bonchev–Trinajstić information content (AvgIpc) is 3.54. The normalized spacial score (nSPS) is 23.7. The largest absolute Gasteiger partial charge is 0.369 e. The molecule has 3 aliphatic heterocycles. The lowest BCUT2D eigenvalue weighted by Gasteiger charge is -2.43. The molecule has 0 N–H and O–H groups in total. The Hall–Kier alpha value is -1.10. The second-order valence-corrected chi connectivity index (χ2v) is 15.1. The van der Waals surface area contributed by atoms with Gasteiger partial charge >= 0.3 is 0 Å². The molecule has 2 atom stereocenters. The Morgan fingerprint density at radius 1 is 0.641 bits per heavy atom. The number of likely N-dealkylation sites (tertiary alicyclic amines) is 2. The maximum Gasteiger partial charge on any atom is 0.0369 e. The summed E-state index contributed by atoms with van der Waals surface area (Å²) in [5.74, 6) is 0. The molecule has 0 amide bonds. The second kappa shape index (κ2) is 14.7. The Kier molecular flexibility index (Phi) is 12.8. The molecule has 0 spiro atoms. The Morgan fingerprint density at radius 3 is 1.44 bits per heavy atom. The van der Waals surface area contributed by atoms with E-state index in [4.69, 9.17) is 0 Å². The summed E-state index contributed by atoms with van der Waals surface area (Å²) < 4.78 is 0. The molecule has 4 rings (SSSR count). The third-order valence-corrected chi connectivity index (χ3v) is 9.02. The van der Waals surface area contributed by atoms with Gasteiger partial charge in [0.2, 0.25) is 0 Å². The number of aryl methyl sites for hydroxylation is 1. The number of hydrogen-bond acceptors (Lipinski definition) is 4. The molecule has 3 fully saturated rings. The van der Waals surface area contributed by atoms with Gasteiger partial charge in [-0.15, -0.1) is 0 Å². The van der Waals surface area contributed by atoms with E-state index in [9.17, 15) is 0 Å². The van der Waals surface area contributed by atoms with Crippen molar-refractivity contribution in [3.63, 3.8) is 0 Å². The molecule has 0 radical (unpaired) electrons. The van der Waals surface area contributed by atoms with Crippen LogP contribution in [0.5, 0.6) is 0 Å². The van der Waals surface area contributed by atoms with E-state index in [-0.39, 0.29) is 0 Å². The Labute approximate surface area is 244 Å². The molecule has 0 bridgehead atoms. The van der Waals surface area contributed by atoms with Gasteiger partial charge in [-0.2, -0.15) is 0 Å². The molecule has 3 heterocycles. The number of hydrogen-bond donors (Lipinski definition) is 0. The minimum absolute atomic E-state index is 0.304. The third-order valence-electron chi connectivity index (χ3n) is 9.02. The van der Waals surface area contributed by atoms with E-state index in [1.807, 2.05) is 0 Å². The van der Waals surface area contributed by atoms with Crippen LogP contribution in [-0.4, -0.2) is 82.7 Å². The molecule has 0 unspecified atom stereocenters. The molecular formula is C35H66N4. The molecule has 39 heavy (non-hydrogen) atoms. The van der Waals surface area contributed by atoms with Gasteiger partial charge in [0.15, 0.2) is 0 Å². The molecule has 3 aliphatic rings. The standard InChI is InChI=1S/C15H24N2.2C10H21N/c1-13-6-5-7-14(12-13)16-8-10-17(11-9-16)15(2,3)4;2*1-5-9-7-6-8-11(9)10(2,3)4/h5-7,12H,8-11H2,1-4H3;2*9H,5-8H2,1-4H3/t;2*9-/m.10/s1. The lowest BCUT2D eigenvalue weighted by molar-refractivity contribution is 0.119. The highest BCUT2D eigenvalue weighted by Gasteiger charge is 2.32. The van der Waals surface area contributed by atoms with Gasteiger partial charge in [0, 0.05) is 60.6 Å². The predicted molar refractivity (Wildman–Crippen MR) is 174 cm³/mol. The minimum atomic E-state index is 0.304. The molecule has 0 aromatic heterocycles. The van der Waals surface area contributed by atoms with Crippen LogP contribution in [-0.2, 0) is 0 Å². The summed E-state index contributed by atoms with van der Waals surface area (Å²) in [6.07, 6.45) is 8.25. The van der Waals surface area contributed by atoms with Crippen molar-refractivity contribution >= 4 is 5.69 Å². The average molecular weight is 543 g/mol. The molecule has 1 aromatic rings. The van der Waals surface area contributed by atoms with Crippen LogP contribution in [0.4, 0.5) is 5.69 Å². The summed E-state index contributed by atoms with van der Waals surface area (Å²) in [5.41, 5.74) is 3.80. The van der Waals surface area contributed by atoms with Gasteiger partial charge in [0.05, 0.1) is 0 Å². The number of rotatable bonds is 3. The Morgan fingerprint density at radius 2 is 1.10 bits per heavy atom. The van der Waals surface area contributed by atoms with E-state index in [0.29, 0.717) is 16.6 Å². The summed E-state index contributed by atoms with van der Waals surface area (Å²) in [4.78, 5) is 10.4. The van der Waals surface area contributed by atoms with Gasteiger partial charge in [-0.3, -0.25) is 14.7 Å². The monoisotopic (exact) mass is 543 g/mol. The first-order valence-corrected chi connectivity index (χ1v) is 16.2. The van der Waals surface area contributed by atoms with Crippen LogP contribution in [0.1, 0.15) is 120 Å². The number of piperazine rings is 1. The Bertz CT molecular complexity index is 788. The van der Waals surface area contributed by atoms with Crippen molar-refractivity contribution in [1.82, 2.24) is 14.7 Å². The van der Waals surface area contributed by atoms with Crippen molar-refractivity contribution in [2.45, 2.75) is 150 Å². The van der Waals surface area contributed by atoms with Crippen molar-refractivity contribution in [2.75, 3.05) is 44.2 Å². The zero-order chi connectivity index (χ0) is 29.4. The van der Waals surface area contributed by atoms with E-state index in [1.54, 1.807) is 0 Å². The van der Waals surface area contributed by atoms with Crippen LogP contribution in [0.3, 0.4) is 0 Å². The van der Waals surface area contributed by atoms with E-state index >= 15 is 0 Å². The van der Waals surface area contributed by atoms with Crippen molar-refractivity contribution in [3.05, 3.63) is 29.8 Å². The van der Waals surface area contributed by atoms with E-state index in [1.165, 1.54) is 62.9 Å². The van der Waals surface area contributed by atoms with Gasteiger partial charge in [0.25, 0.3) is 0 Å². The van der Waals surface area contributed by atoms with Gasteiger partial charge in [-0.1, -0.05) is 26.0 Å². The summed E-state index contributed by atoms with van der Waals surface area (Å²) in [6.45, 7) is 34.8. The maximum absolute atomic E-state index is 2.65. The molecule has 3 saturated heterocycles. The second-order valence-electron chi connectivity index (χ2n) is 15.1. The van der Waals surface area contributed by atoms with E-state index in [0.717, 1.165) is 38.3 Å². The van der Waals surface area contributed by atoms with Crippen molar-refractivity contribution in [3.8, 4) is 0 Å². The SMILES string of the molecule is CC[C@@H]1CCCN1C(C)(C)C.CC[C@H]1CCCN1C(C)(C)C.Cc1cccc(N2CCN(C(C)(C)C)CC2)c1. The zero-order valence-corrected chi connectivity index (χ0v) is 28.2. The van der Waals surface area contributed by atoms with Gasteiger partial charge < -0.3 is 4.90 Å². The number of nitrogens with zero attached hydrogens (tertiary/aromatic N) is 4. The number of anilines is 1. The van der Waals surface area contributed by atoms with Crippen LogP contribution in [0.15, 0.2) is 24.3 Å². The summed E-state index contributed by atoms with van der Waals surface area (Å²) in [6, 6.07) is 10.5. The van der Waals surface area contributed by atoms with Crippen LogP contribution < -0.4 is 4.90 Å². The van der Waals surface area contributed by atoms with Crippen LogP contribution in [0.25, 0.3) is 0 Å². The summed E-state index contributed by atoms with van der Waals surface area (Å²) in [7, 11) is 0. The first kappa shape index (κ1) is 34.1. The van der Waals surface area contributed by atoms with Gasteiger partial charge in [-0.25, -0.2) is 0 Å². The molecule has 4 heteroatoms.